The van der Waals surface area contributed by atoms with E-state index in [2.05, 4.69) is 4.98 Å². The van der Waals surface area contributed by atoms with Crippen LogP contribution in [0.5, 0.6) is 0 Å². The van der Waals surface area contributed by atoms with Gasteiger partial charge in [-0.1, -0.05) is 13.8 Å². The normalized spacial score (nSPS) is 11.2. The SMILES string of the molecule is CC(C)c1c[nH]c(=S)n1-c1c(F)cc(F)cc1F. The molecule has 0 spiro atoms. The number of halogens is 3. The lowest BCUT2D eigenvalue weighted by Gasteiger charge is -2.12. The molecule has 0 aliphatic rings. The topological polar surface area (TPSA) is 20.7 Å². The minimum atomic E-state index is -0.981. The summed E-state index contributed by atoms with van der Waals surface area (Å²) in [4.78, 5) is 2.74. The lowest BCUT2D eigenvalue weighted by atomic mass is 10.1. The first-order valence-electron chi connectivity index (χ1n) is 5.37. The summed E-state index contributed by atoms with van der Waals surface area (Å²) in [5, 5.41) is 0. The van der Waals surface area contributed by atoms with Gasteiger partial charge in [-0.2, -0.15) is 0 Å². The second kappa shape index (κ2) is 4.61. The highest BCUT2D eigenvalue weighted by atomic mass is 32.1. The number of aromatic amines is 1. The van der Waals surface area contributed by atoms with Gasteiger partial charge >= 0.3 is 0 Å². The van der Waals surface area contributed by atoms with Crippen LogP contribution in [0.3, 0.4) is 0 Å². The second-order valence-corrected chi connectivity index (χ2v) is 4.61. The minimum absolute atomic E-state index is 0.0156. The van der Waals surface area contributed by atoms with Crippen LogP contribution in [0, 0.1) is 22.2 Å². The number of aromatic nitrogens is 2. The average Bonchev–Trinajstić information content (AvgIpc) is 2.59. The van der Waals surface area contributed by atoms with Crippen LogP contribution in [0.15, 0.2) is 18.3 Å². The molecular formula is C12H11F3N2S. The number of H-pyrrole nitrogens is 1. The Kier molecular flexibility index (Phi) is 3.30. The monoisotopic (exact) mass is 272 g/mol. The Labute approximate surface area is 107 Å². The van der Waals surface area contributed by atoms with Gasteiger partial charge in [0.05, 0.1) is 0 Å². The molecule has 1 N–H and O–H groups in total. The molecule has 0 aliphatic carbocycles. The van der Waals surface area contributed by atoms with Gasteiger partial charge < -0.3 is 4.98 Å². The molecule has 6 heteroatoms. The molecule has 0 atom stereocenters. The van der Waals surface area contributed by atoms with E-state index in [1.807, 2.05) is 13.8 Å². The van der Waals surface area contributed by atoms with Crippen molar-refractivity contribution in [2.75, 3.05) is 0 Å². The Hall–Kier alpha value is -1.56. The average molecular weight is 272 g/mol. The van der Waals surface area contributed by atoms with E-state index >= 15 is 0 Å². The molecule has 96 valence electrons. The summed E-state index contributed by atoms with van der Waals surface area (Å²) in [6.45, 7) is 3.74. The molecule has 0 aliphatic heterocycles. The van der Waals surface area contributed by atoms with Crippen LogP contribution in [0.4, 0.5) is 13.2 Å². The van der Waals surface area contributed by atoms with Crippen molar-refractivity contribution >= 4 is 12.2 Å². The fraction of sp³-hybridized carbons (Fsp3) is 0.250. The lowest BCUT2D eigenvalue weighted by molar-refractivity contribution is 0.530. The number of nitrogens with zero attached hydrogens (tertiary/aromatic N) is 1. The zero-order valence-electron chi connectivity index (χ0n) is 9.80. The molecule has 18 heavy (non-hydrogen) atoms. The summed E-state index contributed by atoms with van der Waals surface area (Å²) < 4.78 is 41.8. The maximum Gasteiger partial charge on any atom is 0.182 e. The summed E-state index contributed by atoms with van der Waals surface area (Å²) in [6, 6.07) is 1.27. The summed E-state index contributed by atoms with van der Waals surface area (Å²) >= 11 is 5.01. The molecule has 0 bridgehead atoms. The van der Waals surface area contributed by atoms with Crippen LogP contribution in [-0.2, 0) is 0 Å². The Morgan fingerprint density at radius 2 is 1.72 bits per heavy atom. The van der Waals surface area contributed by atoms with Gasteiger partial charge in [0.2, 0.25) is 0 Å². The molecule has 1 heterocycles. The molecule has 2 aromatic rings. The minimum Gasteiger partial charge on any atom is -0.337 e. The highest BCUT2D eigenvalue weighted by Crippen LogP contribution is 2.25. The van der Waals surface area contributed by atoms with E-state index in [4.69, 9.17) is 12.2 Å². The fourth-order valence-corrected chi connectivity index (χ4v) is 2.04. The summed E-state index contributed by atoms with van der Waals surface area (Å²) in [7, 11) is 0. The molecule has 0 amide bonds. The van der Waals surface area contributed by atoms with Crippen LogP contribution in [0.25, 0.3) is 5.69 Å². The van der Waals surface area contributed by atoms with E-state index in [1.165, 1.54) is 4.57 Å². The van der Waals surface area contributed by atoms with Gasteiger partial charge in [0, 0.05) is 24.0 Å². The van der Waals surface area contributed by atoms with Crippen LogP contribution in [0.1, 0.15) is 25.5 Å². The third-order valence-electron chi connectivity index (χ3n) is 2.60. The Bertz CT molecular complexity index is 620. The smallest absolute Gasteiger partial charge is 0.182 e. The van der Waals surface area contributed by atoms with Crippen molar-refractivity contribution in [2.45, 2.75) is 19.8 Å². The number of benzene rings is 1. The van der Waals surface area contributed by atoms with Crippen molar-refractivity contribution in [2.24, 2.45) is 0 Å². The number of nitrogens with one attached hydrogen (secondary N) is 1. The predicted molar refractivity (Wildman–Crippen MR) is 64.9 cm³/mol. The zero-order chi connectivity index (χ0) is 13.4. The summed E-state index contributed by atoms with van der Waals surface area (Å²) in [5.74, 6) is -2.90. The Morgan fingerprint density at radius 1 is 1.17 bits per heavy atom. The molecule has 0 saturated carbocycles. The van der Waals surface area contributed by atoms with Crippen molar-refractivity contribution in [1.82, 2.24) is 9.55 Å². The van der Waals surface area contributed by atoms with Crippen LogP contribution < -0.4 is 0 Å². The lowest BCUT2D eigenvalue weighted by Crippen LogP contribution is -2.07. The van der Waals surface area contributed by atoms with Crippen LogP contribution in [0.2, 0.25) is 0 Å². The largest absolute Gasteiger partial charge is 0.337 e. The van der Waals surface area contributed by atoms with E-state index in [0.717, 1.165) is 0 Å². The van der Waals surface area contributed by atoms with Gasteiger partial charge in [0.1, 0.15) is 11.5 Å². The Morgan fingerprint density at radius 3 is 2.22 bits per heavy atom. The predicted octanol–water partition coefficient (Wildman–Crippen LogP) is 4.08. The first-order chi connectivity index (χ1) is 8.41. The highest BCUT2D eigenvalue weighted by molar-refractivity contribution is 7.71. The quantitative estimate of drug-likeness (QED) is 0.817. The third kappa shape index (κ3) is 2.08. The molecule has 1 aromatic heterocycles. The van der Waals surface area contributed by atoms with Gasteiger partial charge in [-0.25, -0.2) is 13.2 Å². The zero-order valence-corrected chi connectivity index (χ0v) is 10.6. The fourth-order valence-electron chi connectivity index (χ4n) is 1.79. The van der Waals surface area contributed by atoms with Crippen molar-refractivity contribution in [1.29, 1.82) is 0 Å². The second-order valence-electron chi connectivity index (χ2n) is 4.23. The number of hydrogen-bond acceptors (Lipinski definition) is 1. The summed E-state index contributed by atoms with van der Waals surface area (Å²) in [5.41, 5.74) is 0.274. The third-order valence-corrected chi connectivity index (χ3v) is 2.90. The molecule has 0 unspecified atom stereocenters. The molecule has 2 rings (SSSR count). The Balaban J connectivity index is 2.77. The molecule has 0 radical (unpaired) electrons. The molecule has 0 saturated heterocycles. The summed E-state index contributed by atoms with van der Waals surface area (Å²) in [6.07, 6.45) is 1.59. The molecule has 2 nitrogen and oxygen atoms in total. The maximum atomic E-state index is 13.7. The van der Waals surface area contributed by atoms with Crippen molar-refractivity contribution in [3.63, 3.8) is 0 Å². The number of imidazole rings is 1. The van der Waals surface area contributed by atoms with E-state index in [1.54, 1.807) is 6.20 Å². The van der Waals surface area contributed by atoms with E-state index in [0.29, 0.717) is 17.8 Å². The van der Waals surface area contributed by atoms with Gasteiger partial charge in [-0.3, -0.25) is 4.57 Å². The number of rotatable bonds is 2. The maximum absolute atomic E-state index is 13.7. The van der Waals surface area contributed by atoms with E-state index in [9.17, 15) is 13.2 Å². The van der Waals surface area contributed by atoms with Crippen molar-refractivity contribution in [3.8, 4) is 5.69 Å². The molecule has 1 aromatic carbocycles. The van der Waals surface area contributed by atoms with E-state index < -0.39 is 17.5 Å². The van der Waals surface area contributed by atoms with Gasteiger partial charge in [0.15, 0.2) is 16.4 Å². The number of hydrogen-bond donors (Lipinski definition) is 1. The standard InChI is InChI=1S/C12H11F3N2S/c1-6(2)10-5-16-12(18)17(10)11-8(14)3-7(13)4-9(11)15/h3-6H,1-2H3,(H,16,18). The van der Waals surface area contributed by atoms with Crippen LogP contribution in [-0.4, -0.2) is 9.55 Å². The van der Waals surface area contributed by atoms with E-state index in [-0.39, 0.29) is 16.4 Å². The van der Waals surface area contributed by atoms with Crippen molar-refractivity contribution in [3.05, 3.63) is 46.2 Å². The van der Waals surface area contributed by atoms with Gasteiger partial charge in [-0.15, -0.1) is 0 Å². The van der Waals surface area contributed by atoms with Gasteiger partial charge in [-0.05, 0) is 18.1 Å². The highest BCUT2D eigenvalue weighted by Gasteiger charge is 2.18. The first-order valence-corrected chi connectivity index (χ1v) is 5.78. The first kappa shape index (κ1) is 12.9. The molecular weight excluding hydrogens is 261 g/mol. The molecule has 0 fully saturated rings. The van der Waals surface area contributed by atoms with Crippen molar-refractivity contribution < 1.29 is 13.2 Å². The van der Waals surface area contributed by atoms with Gasteiger partial charge in [0.25, 0.3) is 0 Å². The van der Waals surface area contributed by atoms with Crippen LogP contribution >= 0.6 is 12.2 Å².